The van der Waals surface area contributed by atoms with Crippen LogP contribution >= 0.6 is 0 Å². The van der Waals surface area contributed by atoms with Crippen molar-refractivity contribution < 1.29 is 32.1 Å². The number of anilines is 1. The summed E-state index contributed by atoms with van der Waals surface area (Å²) >= 11 is 0. The fourth-order valence-corrected chi connectivity index (χ4v) is 2.99. The highest BCUT2D eigenvalue weighted by molar-refractivity contribution is 7.89. The van der Waals surface area contributed by atoms with Crippen LogP contribution in [-0.2, 0) is 19.6 Å². The third kappa shape index (κ3) is 5.33. The van der Waals surface area contributed by atoms with Gasteiger partial charge >= 0.3 is 5.97 Å². The maximum atomic E-state index is 13.9. The van der Waals surface area contributed by atoms with Crippen molar-refractivity contribution in [3.63, 3.8) is 0 Å². The molecule has 0 aliphatic heterocycles. The Morgan fingerprint density at radius 1 is 1.21 bits per heavy atom. The number of nitrogens with one attached hydrogen (secondary N) is 2. The summed E-state index contributed by atoms with van der Waals surface area (Å²) in [5, 5.41) is 13.2. The van der Waals surface area contributed by atoms with Crippen molar-refractivity contribution in [2.24, 2.45) is 0 Å². The molecule has 0 bridgehead atoms. The Labute approximate surface area is 164 Å². The molecule has 2 aromatic carbocycles. The molecule has 12 heteroatoms. The molecular weight excluding hydrogens is 409 g/mol. The van der Waals surface area contributed by atoms with E-state index in [1.807, 2.05) is 4.72 Å². The Bertz CT molecular complexity index is 1090. The largest absolute Gasteiger partial charge is 0.452 e. The number of benzene rings is 2. The smallest absolute Gasteiger partial charge is 0.341 e. The molecule has 0 saturated carbocycles. The van der Waals surface area contributed by atoms with E-state index >= 15 is 0 Å². The first-order chi connectivity index (χ1) is 13.5. The minimum Gasteiger partial charge on any atom is -0.452 e. The lowest BCUT2D eigenvalue weighted by Crippen LogP contribution is -2.22. The zero-order valence-electron chi connectivity index (χ0n) is 15.3. The number of hydrogen-bond donors (Lipinski definition) is 2. The van der Waals surface area contributed by atoms with E-state index in [4.69, 9.17) is 4.74 Å². The number of amides is 1. The predicted molar refractivity (Wildman–Crippen MR) is 99.4 cm³/mol. The Balaban J connectivity index is 2.08. The van der Waals surface area contributed by atoms with Crippen LogP contribution in [0.3, 0.4) is 0 Å². The molecule has 0 heterocycles. The van der Waals surface area contributed by atoms with E-state index < -0.39 is 44.8 Å². The molecule has 0 atom stereocenters. The molecule has 0 unspecified atom stereocenters. The standard InChI is InChI=1S/C17H16FN3O7S/c1-10-3-4-11(7-15(10)21(24)25)20-16(22)9-28-17(23)13-8-12(5-6-14(13)18)29(26,27)19-2/h3-8,19H,9H2,1-2H3,(H,20,22). The summed E-state index contributed by atoms with van der Waals surface area (Å²) < 4.78 is 44.1. The number of sulfonamides is 1. The van der Waals surface area contributed by atoms with Gasteiger partial charge in [0.2, 0.25) is 10.0 Å². The fraction of sp³-hybridized carbons (Fsp3) is 0.176. The van der Waals surface area contributed by atoms with E-state index in [9.17, 15) is 32.5 Å². The summed E-state index contributed by atoms with van der Waals surface area (Å²) in [5.74, 6) is -3.10. The van der Waals surface area contributed by atoms with Crippen molar-refractivity contribution in [3.05, 3.63) is 63.5 Å². The number of esters is 1. The van der Waals surface area contributed by atoms with Gasteiger partial charge in [-0.05, 0) is 38.2 Å². The van der Waals surface area contributed by atoms with Crippen LogP contribution < -0.4 is 10.0 Å². The van der Waals surface area contributed by atoms with Gasteiger partial charge in [-0.25, -0.2) is 22.3 Å². The van der Waals surface area contributed by atoms with Crippen molar-refractivity contribution >= 4 is 33.3 Å². The van der Waals surface area contributed by atoms with Crippen molar-refractivity contribution in [2.75, 3.05) is 19.0 Å². The summed E-state index contributed by atoms with van der Waals surface area (Å²) in [6.45, 7) is 0.714. The third-order valence-electron chi connectivity index (χ3n) is 3.76. The molecule has 29 heavy (non-hydrogen) atoms. The van der Waals surface area contributed by atoms with Gasteiger partial charge in [-0.15, -0.1) is 0 Å². The maximum absolute atomic E-state index is 13.9. The highest BCUT2D eigenvalue weighted by Gasteiger charge is 2.20. The molecule has 0 fully saturated rings. The number of nitrogens with zero attached hydrogens (tertiary/aromatic N) is 1. The number of carbonyl (C=O) groups excluding carboxylic acids is 2. The van der Waals surface area contributed by atoms with Crippen LogP contribution in [0, 0.1) is 22.9 Å². The van der Waals surface area contributed by atoms with Crippen LogP contribution in [0.4, 0.5) is 15.8 Å². The molecule has 2 aromatic rings. The average molecular weight is 425 g/mol. The Morgan fingerprint density at radius 3 is 2.52 bits per heavy atom. The molecule has 0 aliphatic carbocycles. The second-order valence-electron chi connectivity index (χ2n) is 5.73. The lowest BCUT2D eigenvalue weighted by atomic mass is 10.2. The summed E-state index contributed by atoms with van der Waals surface area (Å²) in [4.78, 5) is 33.9. The molecule has 2 rings (SSSR count). The normalized spacial score (nSPS) is 11.0. The Kier molecular flexibility index (Phi) is 6.61. The summed E-state index contributed by atoms with van der Waals surface area (Å²) in [7, 11) is -2.77. The van der Waals surface area contributed by atoms with E-state index in [-0.39, 0.29) is 16.3 Å². The second-order valence-corrected chi connectivity index (χ2v) is 7.62. The topological polar surface area (TPSA) is 145 Å². The van der Waals surface area contributed by atoms with Gasteiger partial charge < -0.3 is 10.1 Å². The molecular formula is C17H16FN3O7S. The SMILES string of the molecule is CNS(=O)(=O)c1ccc(F)c(C(=O)OCC(=O)Nc2ccc(C)c([N+](=O)[O-])c2)c1. The fourth-order valence-electron chi connectivity index (χ4n) is 2.24. The van der Waals surface area contributed by atoms with Crippen molar-refractivity contribution in [1.29, 1.82) is 0 Å². The Morgan fingerprint density at radius 2 is 1.90 bits per heavy atom. The van der Waals surface area contributed by atoms with Crippen LogP contribution in [0.25, 0.3) is 0 Å². The first-order valence-electron chi connectivity index (χ1n) is 8.00. The van der Waals surface area contributed by atoms with E-state index in [2.05, 4.69) is 5.32 Å². The molecule has 0 aliphatic rings. The van der Waals surface area contributed by atoms with Gasteiger partial charge in [0.05, 0.1) is 15.4 Å². The van der Waals surface area contributed by atoms with Crippen LogP contribution in [0.5, 0.6) is 0 Å². The predicted octanol–water partition coefficient (Wildman–Crippen LogP) is 1.75. The number of rotatable bonds is 7. The third-order valence-corrected chi connectivity index (χ3v) is 5.17. The van der Waals surface area contributed by atoms with Crippen LogP contribution in [-0.4, -0.2) is 38.9 Å². The van der Waals surface area contributed by atoms with Crippen molar-refractivity contribution in [2.45, 2.75) is 11.8 Å². The van der Waals surface area contributed by atoms with E-state index in [1.165, 1.54) is 19.1 Å². The lowest BCUT2D eigenvalue weighted by molar-refractivity contribution is -0.385. The number of hydrogen-bond acceptors (Lipinski definition) is 7. The van der Waals surface area contributed by atoms with Gasteiger partial charge in [0.1, 0.15) is 5.82 Å². The zero-order chi connectivity index (χ0) is 21.8. The number of aryl methyl sites for hydroxylation is 1. The molecule has 1 amide bonds. The van der Waals surface area contributed by atoms with Crippen LogP contribution in [0.1, 0.15) is 15.9 Å². The minimum absolute atomic E-state index is 0.108. The molecule has 0 saturated heterocycles. The maximum Gasteiger partial charge on any atom is 0.341 e. The molecule has 0 aromatic heterocycles. The summed E-state index contributed by atoms with van der Waals surface area (Å²) in [6, 6.07) is 6.53. The highest BCUT2D eigenvalue weighted by atomic mass is 32.2. The molecule has 10 nitrogen and oxygen atoms in total. The monoisotopic (exact) mass is 425 g/mol. The molecule has 0 spiro atoms. The molecule has 0 radical (unpaired) electrons. The highest BCUT2D eigenvalue weighted by Crippen LogP contribution is 2.22. The number of ether oxygens (including phenoxy) is 1. The van der Waals surface area contributed by atoms with Gasteiger partial charge in [0, 0.05) is 17.3 Å². The van der Waals surface area contributed by atoms with E-state index in [0.29, 0.717) is 5.56 Å². The second kappa shape index (κ2) is 8.75. The summed E-state index contributed by atoms with van der Waals surface area (Å²) in [6.07, 6.45) is 0. The molecule has 2 N–H and O–H groups in total. The van der Waals surface area contributed by atoms with Crippen molar-refractivity contribution in [1.82, 2.24) is 4.72 Å². The number of nitro benzene ring substituents is 1. The van der Waals surface area contributed by atoms with Gasteiger partial charge in [-0.2, -0.15) is 0 Å². The van der Waals surface area contributed by atoms with Gasteiger partial charge in [-0.3, -0.25) is 14.9 Å². The van der Waals surface area contributed by atoms with Gasteiger partial charge in [-0.1, -0.05) is 6.07 Å². The molecule has 154 valence electrons. The quantitative estimate of drug-likeness (QED) is 0.390. The van der Waals surface area contributed by atoms with E-state index in [1.54, 1.807) is 0 Å². The average Bonchev–Trinajstić information content (AvgIpc) is 2.67. The number of nitro groups is 1. The minimum atomic E-state index is -3.92. The summed E-state index contributed by atoms with van der Waals surface area (Å²) in [5.41, 5.74) is -0.368. The van der Waals surface area contributed by atoms with E-state index in [0.717, 1.165) is 31.3 Å². The first kappa shape index (κ1) is 21.9. The lowest BCUT2D eigenvalue weighted by Gasteiger charge is -2.09. The van der Waals surface area contributed by atoms with Crippen LogP contribution in [0.15, 0.2) is 41.3 Å². The van der Waals surface area contributed by atoms with Gasteiger partial charge in [0.15, 0.2) is 6.61 Å². The number of halogens is 1. The zero-order valence-corrected chi connectivity index (χ0v) is 16.1. The van der Waals surface area contributed by atoms with Crippen molar-refractivity contribution in [3.8, 4) is 0 Å². The number of carbonyl (C=O) groups is 2. The first-order valence-corrected chi connectivity index (χ1v) is 9.48. The van der Waals surface area contributed by atoms with Gasteiger partial charge in [0.25, 0.3) is 11.6 Å². The van der Waals surface area contributed by atoms with Crippen LogP contribution in [0.2, 0.25) is 0 Å². The Hall–Kier alpha value is -3.38.